The molecule has 1 aromatic heterocycles. The van der Waals surface area contributed by atoms with Crippen molar-refractivity contribution in [1.82, 2.24) is 10.2 Å². The van der Waals surface area contributed by atoms with Crippen molar-refractivity contribution in [2.24, 2.45) is 0 Å². The highest BCUT2D eigenvalue weighted by Gasteiger charge is 2.08. The van der Waals surface area contributed by atoms with Crippen LogP contribution in [0, 0.1) is 6.92 Å². The zero-order valence-electron chi connectivity index (χ0n) is 11.4. The SMILES string of the molecule is CNCc1cc(CN(C)CCCOC)oc1C. The van der Waals surface area contributed by atoms with E-state index in [9.17, 15) is 0 Å². The minimum Gasteiger partial charge on any atom is -0.465 e. The Morgan fingerprint density at radius 1 is 1.47 bits per heavy atom. The Morgan fingerprint density at radius 2 is 2.24 bits per heavy atom. The second kappa shape index (κ2) is 7.48. The molecular formula is C13H24N2O2. The Balaban J connectivity index is 2.42. The Bertz CT molecular complexity index is 323. The number of methoxy groups -OCH3 is 1. The van der Waals surface area contributed by atoms with E-state index in [-0.39, 0.29) is 0 Å². The van der Waals surface area contributed by atoms with Crippen LogP contribution in [0.5, 0.6) is 0 Å². The van der Waals surface area contributed by atoms with Gasteiger partial charge in [0, 0.05) is 32.4 Å². The molecule has 1 N–H and O–H groups in total. The third kappa shape index (κ3) is 4.89. The van der Waals surface area contributed by atoms with Crippen molar-refractivity contribution in [3.05, 3.63) is 23.2 Å². The average Bonchev–Trinajstić information content (AvgIpc) is 2.60. The lowest BCUT2D eigenvalue weighted by molar-refractivity contribution is 0.175. The van der Waals surface area contributed by atoms with E-state index in [4.69, 9.17) is 9.15 Å². The first-order valence-electron chi connectivity index (χ1n) is 6.07. The fourth-order valence-corrected chi connectivity index (χ4v) is 1.86. The van der Waals surface area contributed by atoms with Crippen molar-refractivity contribution in [2.45, 2.75) is 26.4 Å². The maximum absolute atomic E-state index is 5.73. The van der Waals surface area contributed by atoms with Crippen LogP contribution >= 0.6 is 0 Å². The van der Waals surface area contributed by atoms with Crippen molar-refractivity contribution in [1.29, 1.82) is 0 Å². The summed E-state index contributed by atoms with van der Waals surface area (Å²) in [5.41, 5.74) is 1.24. The van der Waals surface area contributed by atoms with Gasteiger partial charge in [0.25, 0.3) is 0 Å². The lowest BCUT2D eigenvalue weighted by atomic mass is 10.2. The second-order valence-corrected chi connectivity index (χ2v) is 4.41. The first-order valence-corrected chi connectivity index (χ1v) is 6.07. The normalized spacial score (nSPS) is 11.4. The molecule has 1 aromatic rings. The van der Waals surface area contributed by atoms with Crippen LogP contribution in [0.3, 0.4) is 0 Å². The summed E-state index contributed by atoms with van der Waals surface area (Å²) in [6.45, 7) is 5.57. The fourth-order valence-electron chi connectivity index (χ4n) is 1.86. The number of nitrogens with one attached hydrogen (secondary N) is 1. The van der Waals surface area contributed by atoms with Crippen LogP contribution < -0.4 is 5.32 Å². The molecule has 4 heteroatoms. The predicted octanol–water partition coefficient (Wildman–Crippen LogP) is 1.78. The first-order chi connectivity index (χ1) is 8.17. The van der Waals surface area contributed by atoms with Crippen molar-refractivity contribution in [3.63, 3.8) is 0 Å². The minimum absolute atomic E-state index is 0.812. The van der Waals surface area contributed by atoms with E-state index in [2.05, 4.69) is 23.3 Å². The monoisotopic (exact) mass is 240 g/mol. The van der Waals surface area contributed by atoms with Gasteiger partial charge in [-0.15, -0.1) is 0 Å². The Morgan fingerprint density at radius 3 is 2.88 bits per heavy atom. The molecule has 0 radical (unpaired) electrons. The average molecular weight is 240 g/mol. The van der Waals surface area contributed by atoms with Gasteiger partial charge in [-0.1, -0.05) is 0 Å². The first kappa shape index (κ1) is 14.2. The van der Waals surface area contributed by atoms with Crippen molar-refractivity contribution < 1.29 is 9.15 Å². The van der Waals surface area contributed by atoms with Crippen LogP contribution in [0.1, 0.15) is 23.5 Å². The number of aryl methyl sites for hydroxylation is 1. The molecule has 0 aliphatic rings. The number of hydrogen-bond donors (Lipinski definition) is 1. The van der Waals surface area contributed by atoms with Gasteiger partial charge in [-0.2, -0.15) is 0 Å². The zero-order valence-corrected chi connectivity index (χ0v) is 11.4. The number of rotatable bonds is 8. The summed E-state index contributed by atoms with van der Waals surface area (Å²) in [4.78, 5) is 2.25. The highest BCUT2D eigenvalue weighted by atomic mass is 16.5. The van der Waals surface area contributed by atoms with Crippen LogP contribution in [-0.2, 0) is 17.8 Å². The topological polar surface area (TPSA) is 37.6 Å². The summed E-state index contributed by atoms with van der Waals surface area (Å²) in [5.74, 6) is 2.05. The molecule has 0 saturated carbocycles. The molecule has 0 saturated heterocycles. The largest absolute Gasteiger partial charge is 0.465 e. The van der Waals surface area contributed by atoms with Crippen molar-refractivity contribution >= 4 is 0 Å². The van der Waals surface area contributed by atoms with Gasteiger partial charge in [0.05, 0.1) is 6.54 Å². The molecule has 0 amide bonds. The third-order valence-corrected chi connectivity index (χ3v) is 2.75. The van der Waals surface area contributed by atoms with Gasteiger partial charge in [0.1, 0.15) is 11.5 Å². The molecule has 0 aromatic carbocycles. The van der Waals surface area contributed by atoms with E-state index in [0.717, 1.165) is 44.2 Å². The van der Waals surface area contributed by atoms with Crippen LogP contribution in [0.4, 0.5) is 0 Å². The van der Waals surface area contributed by atoms with Crippen molar-refractivity contribution in [2.75, 3.05) is 34.4 Å². The molecule has 1 rings (SSSR count). The van der Waals surface area contributed by atoms with E-state index in [0.29, 0.717) is 0 Å². The van der Waals surface area contributed by atoms with Crippen LogP contribution in [0.25, 0.3) is 0 Å². The summed E-state index contributed by atoms with van der Waals surface area (Å²) in [6.07, 6.45) is 1.05. The number of nitrogens with zero attached hydrogens (tertiary/aromatic N) is 1. The van der Waals surface area contributed by atoms with E-state index in [1.54, 1.807) is 7.11 Å². The van der Waals surface area contributed by atoms with Gasteiger partial charge >= 0.3 is 0 Å². The zero-order chi connectivity index (χ0) is 12.7. The smallest absolute Gasteiger partial charge is 0.118 e. The van der Waals surface area contributed by atoms with Crippen LogP contribution in [0.15, 0.2) is 10.5 Å². The summed E-state index contributed by atoms with van der Waals surface area (Å²) in [7, 11) is 5.79. The van der Waals surface area contributed by atoms with Gasteiger partial charge in [-0.3, -0.25) is 4.90 Å². The van der Waals surface area contributed by atoms with Gasteiger partial charge in [0.2, 0.25) is 0 Å². The lowest BCUT2D eigenvalue weighted by Gasteiger charge is -2.14. The Kier molecular flexibility index (Phi) is 6.26. The number of ether oxygens (including phenoxy) is 1. The fraction of sp³-hybridized carbons (Fsp3) is 0.692. The minimum atomic E-state index is 0.812. The molecule has 0 aliphatic heterocycles. The lowest BCUT2D eigenvalue weighted by Crippen LogP contribution is -2.19. The maximum atomic E-state index is 5.73. The quantitative estimate of drug-likeness (QED) is 0.703. The third-order valence-electron chi connectivity index (χ3n) is 2.75. The Hall–Kier alpha value is -0.840. The molecule has 0 fully saturated rings. The summed E-state index contributed by atoms with van der Waals surface area (Å²) in [5, 5.41) is 3.14. The molecule has 0 unspecified atom stereocenters. The van der Waals surface area contributed by atoms with E-state index < -0.39 is 0 Å². The number of furan rings is 1. The van der Waals surface area contributed by atoms with Gasteiger partial charge < -0.3 is 14.5 Å². The molecule has 1 heterocycles. The van der Waals surface area contributed by atoms with Gasteiger partial charge in [-0.05, 0) is 33.5 Å². The summed E-state index contributed by atoms with van der Waals surface area (Å²) >= 11 is 0. The molecule has 4 nitrogen and oxygen atoms in total. The molecule has 0 bridgehead atoms. The highest BCUT2D eigenvalue weighted by molar-refractivity contribution is 5.20. The molecule has 0 spiro atoms. The maximum Gasteiger partial charge on any atom is 0.118 e. The molecule has 0 atom stereocenters. The highest BCUT2D eigenvalue weighted by Crippen LogP contribution is 2.15. The summed E-state index contributed by atoms with van der Waals surface area (Å²) < 4.78 is 10.8. The number of hydrogen-bond acceptors (Lipinski definition) is 4. The van der Waals surface area contributed by atoms with Crippen LogP contribution in [0.2, 0.25) is 0 Å². The molecular weight excluding hydrogens is 216 g/mol. The van der Waals surface area contributed by atoms with Crippen molar-refractivity contribution in [3.8, 4) is 0 Å². The molecule has 17 heavy (non-hydrogen) atoms. The molecule has 98 valence electrons. The van der Waals surface area contributed by atoms with E-state index in [1.807, 2.05) is 14.0 Å². The van der Waals surface area contributed by atoms with E-state index >= 15 is 0 Å². The standard InChI is InChI=1S/C13H24N2O2/c1-11-12(9-14-2)8-13(17-11)10-15(3)6-5-7-16-4/h8,14H,5-7,9-10H2,1-4H3. The van der Waals surface area contributed by atoms with Gasteiger partial charge in [-0.25, -0.2) is 0 Å². The molecule has 0 aliphatic carbocycles. The second-order valence-electron chi connectivity index (χ2n) is 4.41. The predicted molar refractivity (Wildman–Crippen MR) is 69.0 cm³/mol. The van der Waals surface area contributed by atoms with Crippen LogP contribution in [-0.4, -0.2) is 39.3 Å². The summed E-state index contributed by atoms with van der Waals surface area (Å²) in [6, 6.07) is 2.14. The van der Waals surface area contributed by atoms with E-state index in [1.165, 1.54) is 5.56 Å². The Labute approximate surface area is 104 Å². The van der Waals surface area contributed by atoms with Gasteiger partial charge in [0.15, 0.2) is 0 Å².